The summed E-state index contributed by atoms with van der Waals surface area (Å²) in [7, 11) is 0. The summed E-state index contributed by atoms with van der Waals surface area (Å²) in [5, 5.41) is 14.6. The number of anilines is 2. The second-order valence-electron chi connectivity index (χ2n) is 8.61. The molecule has 0 spiro atoms. The molecule has 1 aliphatic heterocycles. The van der Waals surface area contributed by atoms with Gasteiger partial charge in [0.15, 0.2) is 0 Å². The van der Waals surface area contributed by atoms with Crippen LogP contribution in [0.4, 0.5) is 11.6 Å². The minimum absolute atomic E-state index is 0.176. The molecule has 3 aromatic heterocycles. The molecule has 172 valence electrons. The van der Waals surface area contributed by atoms with Crippen molar-refractivity contribution in [3.05, 3.63) is 89.5 Å². The van der Waals surface area contributed by atoms with E-state index >= 15 is 0 Å². The van der Waals surface area contributed by atoms with Gasteiger partial charge in [0, 0.05) is 56.2 Å². The largest absolute Gasteiger partial charge is 0.391 e. The lowest BCUT2D eigenvalue weighted by Crippen LogP contribution is -2.23. The minimum Gasteiger partial charge on any atom is -0.391 e. The van der Waals surface area contributed by atoms with E-state index in [1.807, 2.05) is 48.7 Å². The number of fused-ring (bicyclic) bond motifs is 1. The lowest BCUT2D eigenvalue weighted by molar-refractivity contribution is 0.0950. The van der Waals surface area contributed by atoms with E-state index in [1.54, 1.807) is 18.6 Å². The molecule has 1 aromatic carbocycles. The summed E-state index contributed by atoms with van der Waals surface area (Å²) in [5.41, 5.74) is 9.38. The van der Waals surface area contributed by atoms with Crippen LogP contribution < -0.4 is 16.0 Å². The fraction of sp³-hybridized carbons (Fsp3) is 0.231. The Kier molecular flexibility index (Phi) is 6.05. The van der Waals surface area contributed by atoms with Gasteiger partial charge in [0.05, 0.1) is 11.7 Å². The number of nitrogen functional groups attached to an aromatic ring is 1. The van der Waals surface area contributed by atoms with Crippen molar-refractivity contribution in [1.29, 1.82) is 0 Å². The van der Waals surface area contributed by atoms with Crippen LogP contribution in [0.5, 0.6) is 0 Å². The fourth-order valence-electron chi connectivity index (χ4n) is 4.25. The lowest BCUT2D eigenvalue weighted by atomic mass is 10.1. The van der Waals surface area contributed by atoms with Crippen LogP contribution in [0, 0.1) is 0 Å². The highest BCUT2D eigenvalue weighted by atomic mass is 16.3. The van der Waals surface area contributed by atoms with Gasteiger partial charge in [-0.2, -0.15) is 0 Å². The highest BCUT2D eigenvalue weighted by Crippen LogP contribution is 2.21. The number of nitrogens with one attached hydrogen (secondary N) is 1. The van der Waals surface area contributed by atoms with Gasteiger partial charge in [-0.3, -0.25) is 9.78 Å². The summed E-state index contributed by atoms with van der Waals surface area (Å²) in [5.74, 6) is 1.19. The predicted molar refractivity (Wildman–Crippen MR) is 131 cm³/mol. The SMILES string of the molecule is Nc1nccc2cc(CNC(=O)c3cncc(Cc4ccc(N5CCC(O)C5)nc4)c3)ccc12. The average molecular weight is 455 g/mol. The van der Waals surface area contributed by atoms with E-state index in [-0.39, 0.29) is 12.0 Å². The van der Waals surface area contributed by atoms with Gasteiger partial charge >= 0.3 is 0 Å². The van der Waals surface area contributed by atoms with Crippen molar-refractivity contribution in [3.8, 4) is 0 Å². The van der Waals surface area contributed by atoms with Crippen molar-refractivity contribution in [2.24, 2.45) is 0 Å². The standard InChI is InChI=1S/C26H26N6O2/c27-25-23-3-1-18(10-20(23)5-7-29-25)14-31-26(34)21-11-19(12-28-15-21)9-17-2-4-24(30-13-17)32-8-6-22(33)16-32/h1-5,7,10-13,15,22,33H,6,8-9,14,16H2,(H2,27,29)(H,31,34). The maximum Gasteiger partial charge on any atom is 0.253 e. The van der Waals surface area contributed by atoms with Crippen LogP contribution in [-0.4, -0.2) is 45.2 Å². The third kappa shape index (κ3) is 4.82. The Balaban J connectivity index is 1.22. The number of aromatic nitrogens is 3. The molecule has 34 heavy (non-hydrogen) atoms. The molecule has 1 amide bonds. The molecule has 8 nitrogen and oxygen atoms in total. The number of nitrogens with two attached hydrogens (primary N) is 1. The smallest absolute Gasteiger partial charge is 0.253 e. The number of rotatable bonds is 6. The van der Waals surface area contributed by atoms with Crippen molar-refractivity contribution in [2.45, 2.75) is 25.5 Å². The van der Waals surface area contributed by atoms with E-state index in [4.69, 9.17) is 5.73 Å². The molecule has 4 heterocycles. The average Bonchev–Trinajstić information content (AvgIpc) is 3.29. The first kappa shape index (κ1) is 21.8. The molecule has 0 aliphatic carbocycles. The topological polar surface area (TPSA) is 117 Å². The normalized spacial score (nSPS) is 15.6. The van der Waals surface area contributed by atoms with Crippen LogP contribution in [0.2, 0.25) is 0 Å². The molecule has 8 heteroatoms. The second-order valence-corrected chi connectivity index (χ2v) is 8.61. The number of nitrogens with zero attached hydrogens (tertiary/aromatic N) is 4. The molecule has 1 aliphatic rings. The molecular weight excluding hydrogens is 428 g/mol. The highest BCUT2D eigenvalue weighted by Gasteiger charge is 2.21. The van der Waals surface area contributed by atoms with Crippen molar-refractivity contribution in [1.82, 2.24) is 20.3 Å². The summed E-state index contributed by atoms with van der Waals surface area (Å²) in [6.07, 6.45) is 7.99. The molecular formula is C26H26N6O2. The van der Waals surface area contributed by atoms with Crippen LogP contribution in [0.1, 0.15) is 33.5 Å². The lowest BCUT2D eigenvalue weighted by Gasteiger charge is -2.16. The Labute approximate surface area is 197 Å². The van der Waals surface area contributed by atoms with E-state index in [9.17, 15) is 9.90 Å². The number of carbonyl (C=O) groups is 1. The number of aliphatic hydroxyl groups is 1. The Morgan fingerprint density at radius 1 is 1.06 bits per heavy atom. The molecule has 4 N–H and O–H groups in total. The Bertz CT molecular complexity index is 1320. The number of hydrogen-bond acceptors (Lipinski definition) is 7. The van der Waals surface area contributed by atoms with Gasteiger partial charge in [0.2, 0.25) is 0 Å². The molecule has 1 saturated heterocycles. The predicted octanol–water partition coefficient (Wildman–Crippen LogP) is 2.70. The van der Waals surface area contributed by atoms with Crippen LogP contribution in [-0.2, 0) is 13.0 Å². The van der Waals surface area contributed by atoms with Gasteiger partial charge in [-0.05, 0) is 52.8 Å². The number of benzene rings is 1. The van der Waals surface area contributed by atoms with E-state index in [0.29, 0.717) is 30.9 Å². The third-order valence-corrected chi connectivity index (χ3v) is 6.07. The maximum atomic E-state index is 12.7. The maximum absolute atomic E-state index is 12.7. The van der Waals surface area contributed by atoms with Crippen LogP contribution in [0.3, 0.4) is 0 Å². The summed E-state index contributed by atoms with van der Waals surface area (Å²) >= 11 is 0. The van der Waals surface area contributed by atoms with Gasteiger partial charge < -0.3 is 21.1 Å². The van der Waals surface area contributed by atoms with Gasteiger partial charge in [-0.1, -0.05) is 18.2 Å². The monoisotopic (exact) mass is 454 g/mol. The van der Waals surface area contributed by atoms with Crippen LogP contribution in [0.15, 0.2) is 67.3 Å². The summed E-state index contributed by atoms with van der Waals surface area (Å²) in [4.78, 5) is 27.7. The molecule has 0 saturated carbocycles. The summed E-state index contributed by atoms with van der Waals surface area (Å²) in [6.45, 7) is 1.84. The first-order valence-electron chi connectivity index (χ1n) is 11.3. The summed E-state index contributed by atoms with van der Waals surface area (Å²) < 4.78 is 0. The van der Waals surface area contributed by atoms with E-state index in [0.717, 1.165) is 46.2 Å². The zero-order valence-electron chi connectivity index (χ0n) is 18.7. The number of β-amino-alcohol motifs (C(OH)–C–C–N with tert-alkyl or cyclic N) is 1. The van der Waals surface area contributed by atoms with E-state index < -0.39 is 0 Å². The Morgan fingerprint density at radius 3 is 2.74 bits per heavy atom. The number of carbonyl (C=O) groups excluding carboxylic acids is 1. The Hall–Kier alpha value is -4.04. The van der Waals surface area contributed by atoms with Gasteiger partial charge in [0.1, 0.15) is 11.6 Å². The minimum atomic E-state index is -0.279. The molecule has 4 aromatic rings. The van der Waals surface area contributed by atoms with Crippen molar-refractivity contribution >= 4 is 28.3 Å². The van der Waals surface area contributed by atoms with E-state index in [1.165, 1.54) is 0 Å². The molecule has 5 rings (SSSR count). The number of hydrogen-bond donors (Lipinski definition) is 3. The number of aliphatic hydroxyl groups excluding tert-OH is 1. The fourth-order valence-corrected chi connectivity index (χ4v) is 4.25. The van der Waals surface area contributed by atoms with Crippen molar-refractivity contribution < 1.29 is 9.90 Å². The first-order valence-corrected chi connectivity index (χ1v) is 11.3. The molecule has 0 radical (unpaired) electrons. The van der Waals surface area contributed by atoms with Crippen LogP contribution in [0.25, 0.3) is 10.8 Å². The molecule has 0 bridgehead atoms. The highest BCUT2D eigenvalue weighted by molar-refractivity contribution is 5.94. The molecule has 1 atom stereocenters. The number of amides is 1. The molecule has 1 fully saturated rings. The van der Waals surface area contributed by atoms with Crippen LogP contribution >= 0.6 is 0 Å². The van der Waals surface area contributed by atoms with E-state index in [2.05, 4.69) is 25.2 Å². The van der Waals surface area contributed by atoms with Gasteiger partial charge in [0.25, 0.3) is 5.91 Å². The Morgan fingerprint density at radius 2 is 1.94 bits per heavy atom. The van der Waals surface area contributed by atoms with Crippen molar-refractivity contribution in [3.63, 3.8) is 0 Å². The van der Waals surface area contributed by atoms with Gasteiger partial charge in [-0.25, -0.2) is 9.97 Å². The quantitative estimate of drug-likeness (QED) is 0.410. The van der Waals surface area contributed by atoms with Crippen molar-refractivity contribution in [2.75, 3.05) is 23.7 Å². The molecule has 1 unspecified atom stereocenters. The van der Waals surface area contributed by atoms with Gasteiger partial charge in [-0.15, -0.1) is 0 Å². The zero-order valence-corrected chi connectivity index (χ0v) is 18.7. The third-order valence-electron chi connectivity index (χ3n) is 6.07. The second kappa shape index (κ2) is 9.44. The number of pyridine rings is 3. The first-order chi connectivity index (χ1) is 16.5. The summed E-state index contributed by atoms with van der Waals surface area (Å²) in [6, 6.07) is 13.6. The zero-order chi connectivity index (χ0) is 23.5.